The first-order valence-corrected chi connectivity index (χ1v) is 13.9. The largest absolute Gasteiger partial charge is 0.365 e. The number of rotatable bonds is 8. The molecule has 0 unspecified atom stereocenters. The van der Waals surface area contributed by atoms with Crippen molar-refractivity contribution in [3.05, 3.63) is 47.3 Å². The quantitative estimate of drug-likeness (QED) is 0.494. The van der Waals surface area contributed by atoms with Crippen LogP contribution in [0.1, 0.15) is 66.6 Å². The van der Waals surface area contributed by atoms with Crippen molar-refractivity contribution in [1.29, 1.82) is 5.26 Å². The molecule has 2 N–H and O–H groups in total. The van der Waals surface area contributed by atoms with Crippen LogP contribution in [0.25, 0.3) is 0 Å². The highest BCUT2D eigenvalue weighted by molar-refractivity contribution is 7.91. The van der Waals surface area contributed by atoms with Gasteiger partial charge in [-0.3, -0.25) is 14.4 Å². The molecule has 0 radical (unpaired) electrons. The van der Waals surface area contributed by atoms with Crippen molar-refractivity contribution in [3.63, 3.8) is 0 Å². The molecule has 38 heavy (non-hydrogen) atoms. The van der Waals surface area contributed by atoms with Crippen LogP contribution in [0, 0.1) is 11.3 Å². The fraction of sp³-hybridized carbons (Fsp3) is 0.560. The van der Waals surface area contributed by atoms with E-state index in [9.17, 15) is 36.0 Å². The highest BCUT2D eigenvalue weighted by Gasteiger charge is 2.42. The standard InChI is InChI=1S/C25H29F4N5O3S/c26-23(27)38(36,37)19-3-1-17(2-4-19)15-21-20(22(31)35)16-34(32-21)24(9-12-30)7-5-18(6-8-24)33-13-10-25(28,29)11-14-33/h1-4,16,18,23H,5-11,13-15H2,(H2,31,35). The van der Waals surface area contributed by atoms with Gasteiger partial charge >= 0.3 is 5.76 Å². The minimum Gasteiger partial charge on any atom is -0.365 e. The molecule has 0 bridgehead atoms. The zero-order valence-electron chi connectivity index (χ0n) is 20.6. The second-order valence-corrected chi connectivity index (χ2v) is 12.0. The van der Waals surface area contributed by atoms with Gasteiger partial charge in [-0.2, -0.15) is 19.1 Å². The number of primary amides is 1. The summed E-state index contributed by atoms with van der Waals surface area (Å²) in [5, 5.41) is 14.2. The zero-order chi connectivity index (χ0) is 27.7. The van der Waals surface area contributed by atoms with Gasteiger partial charge in [-0.1, -0.05) is 12.1 Å². The maximum absolute atomic E-state index is 13.6. The van der Waals surface area contributed by atoms with Crippen molar-refractivity contribution < 1.29 is 30.8 Å². The fourth-order valence-electron chi connectivity index (χ4n) is 5.44. The van der Waals surface area contributed by atoms with Gasteiger partial charge in [0.15, 0.2) is 0 Å². The number of sulfone groups is 1. The van der Waals surface area contributed by atoms with Crippen molar-refractivity contribution >= 4 is 15.7 Å². The van der Waals surface area contributed by atoms with Gasteiger partial charge in [0.1, 0.15) is 0 Å². The molecular formula is C25H29F4N5O3S. The molecule has 1 aliphatic heterocycles. The van der Waals surface area contributed by atoms with E-state index in [0.717, 1.165) is 12.1 Å². The van der Waals surface area contributed by atoms with E-state index in [0.29, 0.717) is 50.0 Å². The number of hydrogen-bond acceptors (Lipinski definition) is 6. The number of nitrogens with zero attached hydrogens (tertiary/aromatic N) is 4. The van der Waals surface area contributed by atoms with Crippen LogP contribution in [0.5, 0.6) is 0 Å². The summed E-state index contributed by atoms with van der Waals surface area (Å²) in [5.41, 5.74) is 5.90. The molecule has 8 nitrogen and oxygen atoms in total. The molecule has 2 heterocycles. The van der Waals surface area contributed by atoms with Crippen LogP contribution >= 0.6 is 0 Å². The lowest BCUT2D eigenvalue weighted by Crippen LogP contribution is -2.49. The minimum atomic E-state index is -4.73. The predicted molar refractivity (Wildman–Crippen MR) is 129 cm³/mol. The second-order valence-electron chi connectivity index (χ2n) is 10.1. The molecule has 13 heteroatoms. The number of likely N-dealkylation sites (tertiary alicyclic amines) is 1. The Hall–Kier alpha value is -2.98. The van der Waals surface area contributed by atoms with E-state index in [-0.39, 0.29) is 37.3 Å². The normalized spacial score (nSPS) is 24.3. The maximum atomic E-state index is 13.6. The smallest absolute Gasteiger partial charge is 0.341 e. The van der Waals surface area contributed by atoms with Gasteiger partial charge < -0.3 is 5.73 Å². The number of carbonyl (C=O) groups is 1. The summed E-state index contributed by atoms with van der Waals surface area (Å²) in [7, 11) is -4.73. The van der Waals surface area contributed by atoms with Crippen LogP contribution in [-0.4, -0.2) is 59.8 Å². The molecule has 1 saturated heterocycles. The van der Waals surface area contributed by atoms with Gasteiger partial charge in [0.25, 0.3) is 11.8 Å². The Balaban J connectivity index is 1.54. The third kappa shape index (κ3) is 5.71. The van der Waals surface area contributed by atoms with Gasteiger partial charge in [-0.15, -0.1) is 0 Å². The number of alkyl halides is 4. The number of nitriles is 1. The summed E-state index contributed by atoms with van der Waals surface area (Å²) < 4.78 is 77.8. The van der Waals surface area contributed by atoms with Crippen LogP contribution in [0.15, 0.2) is 35.4 Å². The number of amides is 1. The minimum absolute atomic E-state index is 0.0908. The molecule has 1 aromatic heterocycles. The Labute approximate surface area is 218 Å². The average Bonchev–Trinajstić information content (AvgIpc) is 3.30. The second kappa shape index (κ2) is 10.6. The van der Waals surface area contributed by atoms with Crippen molar-refractivity contribution in [2.45, 2.75) is 79.5 Å². The van der Waals surface area contributed by atoms with E-state index in [1.165, 1.54) is 18.3 Å². The fourth-order valence-corrected chi connectivity index (χ4v) is 6.16. The van der Waals surface area contributed by atoms with Gasteiger partial charge in [0.2, 0.25) is 9.84 Å². The molecule has 2 aliphatic rings. The first-order chi connectivity index (χ1) is 17.9. The molecule has 1 aromatic carbocycles. The van der Waals surface area contributed by atoms with E-state index in [2.05, 4.69) is 16.1 Å². The Morgan fingerprint density at radius 3 is 2.26 bits per heavy atom. The monoisotopic (exact) mass is 555 g/mol. The molecule has 0 spiro atoms. The number of halogens is 4. The predicted octanol–water partition coefficient (Wildman–Crippen LogP) is 3.85. The summed E-state index contributed by atoms with van der Waals surface area (Å²) in [6.07, 6.45) is 3.94. The maximum Gasteiger partial charge on any atom is 0.341 e. The van der Waals surface area contributed by atoms with Crippen molar-refractivity contribution in [1.82, 2.24) is 14.7 Å². The van der Waals surface area contributed by atoms with Gasteiger partial charge in [-0.25, -0.2) is 17.2 Å². The van der Waals surface area contributed by atoms with Crippen LogP contribution in [0.3, 0.4) is 0 Å². The first kappa shape index (κ1) is 28.0. The Kier molecular flexibility index (Phi) is 7.86. The number of carbonyl (C=O) groups excluding carboxylic acids is 1. The lowest BCUT2D eigenvalue weighted by molar-refractivity contribution is -0.0687. The van der Waals surface area contributed by atoms with Crippen LogP contribution in [-0.2, 0) is 21.8 Å². The number of piperidine rings is 1. The summed E-state index contributed by atoms with van der Waals surface area (Å²) in [6.45, 7) is 0.663. The summed E-state index contributed by atoms with van der Waals surface area (Å²) in [6, 6.07) is 7.24. The number of aromatic nitrogens is 2. The van der Waals surface area contributed by atoms with E-state index < -0.39 is 37.9 Å². The Bertz CT molecular complexity index is 1300. The number of benzene rings is 1. The molecule has 2 fully saturated rings. The SMILES string of the molecule is N#CCC1(n2cc(C(N)=O)c(Cc3ccc(S(=O)(=O)C(F)F)cc3)n2)CCC(N2CCC(F)(F)CC2)CC1. The topological polar surface area (TPSA) is 122 Å². The summed E-state index contributed by atoms with van der Waals surface area (Å²) >= 11 is 0. The van der Waals surface area contributed by atoms with Gasteiger partial charge in [0.05, 0.1) is 34.2 Å². The number of nitrogens with two attached hydrogens (primary N) is 1. The van der Waals surface area contributed by atoms with Crippen LogP contribution < -0.4 is 5.73 Å². The third-order valence-corrected chi connectivity index (χ3v) is 9.14. The molecule has 4 rings (SSSR count). The zero-order valence-corrected chi connectivity index (χ0v) is 21.4. The molecule has 1 saturated carbocycles. The molecular weight excluding hydrogens is 526 g/mol. The van der Waals surface area contributed by atoms with E-state index in [1.807, 2.05) is 0 Å². The molecule has 1 aliphatic carbocycles. The van der Waals surface area contributed by atoms with Gasteiger partial charge in [-0.05, 0) is 43.4 Å². The first-order valence-electron chi connectivity index (χ1n) is 12.4. The summed E-state index contributed by atoms with van der Waals surface area (Å²) in [5.74, 6) is -6.88. The Morgan fingerprint density at radius 1 is 1.13 bits per heavy atom. The van der Waals surface area contributed by atoms with Crippen molar-refractivity contribution in [3.8, 4) is 6.07 Å². The van der Waals surface area contributed by atoms with E-state index in [4.69, 9.17) is 5.73 Å². The molecule has 0 atom stereocenters. The highest BCUT2D eigenvalue weighted by atomic mass is 32.2. The van der Waals surface area contributed by atoms with E-state index >= 15 is 0 Å². The van der Waals surface area contributed by atoms with E-state index in [1.54, 1.807) is 4.68 Å². The van der Waals surface area contributed by atoms with Crippen LogP contribution in [0.4, 0.5) is 17.6 Å². The Morgan fingerprint density at radius 2 is 1.74 bits per heavy atom. The van der Waals surface area contributed by atoms with Crippen molar-refractivity contribution in [2.75, 3.05) is 13.1 Å². The summed E-state index contributed by atoms with van der Waals surface area (Å²) in [4.78, 5) is 13.8. The van der Waals surface area contributed by atoms with Crippen molar-refractivity contribution in [2.24, 2.45) is 5.73 Å². The van der Waals surface area contributed by atoms with Crippen LogP contribution in [0.2, 0.25) is 0 Å². The van der Waals surface area contributed by atoms with Gasteiger partial charge in [0, 0.05) is 44.6 Å². The average molecular weight is 556 g/mol. The molecule has 2 aromatic rings. The highest BCUT2D eigenvalue weighted by Crippen LogP contribution is 2.41. The molecule has 206 valence electrons. The lowest BCUT2D eigenvalue weighted by Gasteiger charge is -2.44. The molecule has 1 amide bonds. The lowest BCUT2D eigenvalue weighted by atomic mass is 9.77. The third-order valence-electron chi connectivity index (χ3n) is 7.74. The number of hydrogen-bond donors (Lipinski definition) is 1.